The molecule has 0 amide bonds. The summed E-state index contributed by atoms with van der Waals surface area (Å²) in [6.07, 6.45) is 4.63. The van der Waals surface area contributed by atoms with Crippen molar-refractivity contribution in [1.29, 1.82) is 0 Å². The number of carbonyl (C=O) groups is 2. The van der Waals surface area contributed by atoms with Crippen molar-refractivity contribution >= 4 is 11.8 Å². The van der Waals surface area contributed by atoms with Crippen molar-refractivity contribution in [2.45, 2.75) is 18.9 Å². The second-order valence-electron chi connectivity index (χ2n) is 2.85. The maximum atomic E-state index is 10.8. The molecule has 0 heterocycles. The summed E-state index contributed by atoms with van der Waals surface area (Å²) in [6, 6.07) is 0. The van der Waals surface area contributed by atoms with Gasteiger partial charge in [0.2, 0.25) is 5.78 Å². The molecule has 4 nitrogen and oxygen atoms in total. The first-order valence-corrected chi connectivity index (χ1v) is 3.91. The predicted molar refractivity (Wildman–Crippen MR) is 45.1 cm³/mol. The highest BCUT2D eigenvalue weighted by molar-refractivity contribution is 6.33. The summed E-state index contributed by atoms with van der Waals surface area (Å²) < 4.78 is 0. The van der Waals surface area contributed by atoms with Crippen LogP contribution in [0.25, 0.3) is 0 Å². The molecule has 0 aromatic rings. The number of hydrogen-bond acceptors (Lipinski definition) is 3. The van der Waals surface area contributed by atoms with Gasteiger partial charge in [-0.15, -0.1) is 0 Å². The molecular formula is C9H10O4. The largest absolute Gasteiger partial charge is 0.475 e. The van der Waals surface area contributed by atoms with E-state index in [-0.39, 0.29) is 6.42 Å². The molecule has 0 spiro atoms. The molecule has 70 valence electrons. The highest BCUT2D eigenvalue weighted by Gasteiger charge is 2.14. The quantitative estimate of drug-likeness (QED) is 0.614. The summed E-state index contributed by atoms with van der Waals surface area (Å²) in [4.78, 5) is 20.9. The Hall–Kier alpha value is -1.42. The summed E-state index contributed by atoms with van der Waals surface area (Å²) >= 11 is 0. The molecular weight excluding hydrogens is 172 g/mol. The Morgan fingerprint density at radius 1 is 1.54 bits per heavy atom. The monoisotopic (exact) mass is 182 g/mol. The van der Waals surface area contributed by atoms with Crippen molar-refractivity contribution in [3.05, 3.63) is 23.8 Å². The molecule has 4 heteroatoms. The molecule has 0 aromatic carbocycles. The number of aliphatic hydroxyl groups is 1. The summed E-state index contributed by atoms with van der Waals surface area (Å²) in [7, 11) is 0. The zero-order valence-electron chi connectivity index (χ0n) is 6.93. The van der Waals surface area contributed by atoms with E-state index in [0.717, 1.165) is 0 Å². The highest BCUT2D eigenvalue weighted by atomic mass is 16.4. The SMILES string of the molecule is O=C(O)C(=O)CC1=CCC(O)C=C1. The zero-order valence-corrected chi connectivity index (χ0v) is 6.93. The van der Waals surface area contributed by atoms with Gasteiger partial charge in [0.15, 0.2) is 0 Å². The number of ketones is 1. The molecule has 1 atom stereocenters. The maximum Gasteiger partial charge on any atom is 0.372 e. The van der Waals surface area contributed by atoms with E-state index < -0.39 is 17.9 Å². The van der Waals surface area contributed by atoms with Crippen LogP contribution in [0.3, 0.4) is 0 Å². The summed E-state index contributed by atoms with van der Waals surface area (Å²) in [5.41, 5.74) is 0.651. The van der Waals surface area contributed by atoms with Gasteiger partial charge in [0.25, 0.3) is 0 Å². The minimum Gasteiger partial charge on any atom is -0.475 e. The molecule has 0 aliphatic heterocycles. The van der Waals surface area contributed by atoms with Gasteiger partial charge < -0.3 is 10.2 Å². The number of rotatable bonds is 3. The van der Waals surface area contributed by atoms with Crippen LogP contribution in [0.4, 0.5) is 0 Å². The van der Waals surface area contributed by atoms with Crippen LogP contribution in [-0.2, 0) is 9.59 Å². The van der Waals surface area contributed by atoms with Crippen LogP contribution in [0.15, 0.2) is 23.8 Å². The lowest BCUT2D eigenvalue weighted by Crippen LogP contribution is -2.14. The van der Waals surface area contributed by atoms with Gasteiger partial charge in [0, 0.05) is 6.42 Å². The third kappa shape index (κ3) is 2.83. The van der Waals surface area contributed by atoms with E-state index in [2.05, 4.69) is 0 Å². The van der Waals surface area contributed by atoms with E-state index in [1.807, 2.05) is 0 Å². The Labute approximate surface area is 75.2 Å². The van der Waals surface area contributed by atoms with Crippen molar-refractivity contribution in [2.24, 2.45) is 0 Å². The van der Waals surface area contributed by atoms with Gasteiger partial charge in [0.05, 0.1) is 6.10 Å². The number of carboxylic acids is 1. The zero-order chi connectivity index (χ0) is 9.84. The Bertz CT molecular complexity index is 288. The number of hydrogen-bond donors (Lipinski definition) is 2. The first kappa shape index (κ1) is 9.67. The summed E-state index contributed by atoms with van der Waals surface area (Å²) in [5, 5.41) is 17.4. The smallest absolute Gasteiger partial charge is 0.372 e. The van der Waals surface area contributed by atoms with E-state index in [0.29, 0.717) is 12.0 Å². The predicted octanol–water partition coefficient (Wildman–Crippen LogP) is 0.277. The number of carbonyl (C=O) groups excluding carboxylic acids is 1. The Morgan fingerprint density at radius 2 is 2.23 bits per heavy atom. The third-order valence-electron chi connectivity index (χ3n) is 1.76. The van der Waals surface area contributed by atoms with Gasteiger partial charge in [0.1, 0.15) is 0 Å². The van der Waals surface area contributed by atoms with E-state index in [1.165, 1.54) is 0 Å². The van der Waals surface area contributed by atoms with Crippen LogP contribution in [-0.4, -0.2) is 28.1 Å². The van der Waals surface area contributed by atoms with Gasteiger partial charge in [-0.25, -0.2) is 4.79 Å². The second kappa shape index (κ2) is 4.00. The second-order valence-corrected chi connectivity index (χ2v) is 2.85. The molecule has 0 saturated carbocycles. The van der Waals surface area contributed by atoms with Crippen LogP contribution < -0.4 is 0 Å². The Morgan fingerprint density at radius 3 is 2.69 bits per heavy atom. The van der Waals surface area contributed by atoms with Gasteiger partial charge in [-0.05, 0) is 12.0 Å². The van der Waals surface area contributed by atoms with Crippen LogP contribution in [0.2, 0.25) is 0 Å². The van der Waals surface area contributed by atoms with Gasteiger partial charge in [-0.1, -0.05) is 18.2 Å². The number of aliphatic hydroxyl groups excluding tert-OH is 1. The number of aliphatic carboxylic acids is 1. The molecule has 13 heavy (non-hydrogen) atoms. The molecule has 1 unspecified atom stereocenters. The third-order valence-corrected chi connectivity index (χ3v) is 1.76. The van der Waals surface area contributed by atoms with Crippen LogP contribution in [0, 0.1) is 0 Å². The Kier molecular flexibility index (Phi) is 2.97. The first-order valence-electron chi connectivity index (χ1n) is 3.91. The van der Waals surface area contributed by atoms with Crippen molar-refractivity contribution in [3.63, 3.8) is 0 Å². The lowest BCUT2D eigenvalue weighted by Gasteiger charge is -2.09. The van der Waals surface area contributed by atoms with Crippen molar-refractivity contribution < 1.29 is 19.8 Å². The fraction of sp³-hybridized carbons (Fsp3) is 0.333. The normalized spacial score (nSPS) is 21.0. The molecule has 1 aliphatic rings. The van der Waals surface area contributed by atoms with Crippen LogP contribution >= 0.6 is 0 Å². The van der Waals surface area contributed by atoms with Crippen LogP contribution in [0.1, 0.15) is 12.8 Å². The lowest BCUT2D eigenvalue weighted by molar-refractivity contribution is -0.148. The van der Waals surface area contributed by atoms with E-state index in [1.54, 1.807) is 18.2 Å². The maximum absolute atomic E-state index is 10.8. The average molecular weight is 182 g/mol. The molecule has 1 aliphatic carbocycles. The van der Waals surface area contributed by atoms with E-state index in [9.17, 15) is 9.59 Å². The van der Waals surface area contributed by atoms with Crippen LogP contribution in [0.5, 0.6) is 0 Å². The standard InChI is InChI=1S/C9H10O4/c10-7-3-1-6(2-4-7)5-8(11)9(12)13/h1-3,7,10H,4-5H2,(H,12,13). The average Bonchev–Trinajstić information content (AvgIpc) is 2.08. The van der Waals surface area contributed by atoms with E-state index >= 15 is 0 Å². The number of Topliss-reactive ketones (excluding diaryl/α,β-unsaturated/α-hetero) is 1. The van der Waals surface area contributed by atoms with Gasteiger partial charge in [-0.3, -0.25) is 4.79 Å². The molecule has 0 aromatic heterocycles. The molecule has 0 fully saturated rings. The number of carboxylic acid groups (broad SMARTS) is 1. The fourth-order valence-corrected chi connectivity index (χ4v) is 1.05. The minimum atomic E-state index is -1.42. The minimum absolute atomic E-state index is 0.0987. The van der Waals surface area contributed by atoms with E-state index in [4.69, 9.17) is 10.2 Å². The highest BCUT2D eigenvalue weighted by Crippen LogP contribution is 2.13. The van der Waals surface area contributed by atoms with Crippen molar-refractivity contribution in [1.82, 2.24) is 0 Å². The van der Waals surface area contributed by atoms with Crippen molar-refractivity contribution in [3.8, 4) is 0 Å². The summed E-state index contributed by atoms with van der Waals surface area (Å²) in [5.74, 6) is -2.24. The summed E-state index contributed by atoms with van der Waals surface area (Å²) in [6.45, 7) is 0. The Balaban J connectivity index is 2.52. The fourth-order valence-electron chi connectivity index (χ4n) is 1.05. The topological polar surface area (TPSA) is 74.6 Å². The molecule has 1 rings (SSSR count). The van der Waals surface area contributed by atoms with Crippen molar-refractivity contribution in [2.75, 3.05) is 0 Å². The first-order chi connectivity index (χ1) is 6.09. The molecule has 0 saturated heterocycles. The lowest BCUT2D eigenvalue weighted by atomic mass is 10.0. The molecule has 2 N–H and O–H groups in total. The molecule has 0 radical (unpaired) electrons. The number of allylic oxidation sites excluding steroid dienone is 2. The van der Waals surface area contributed by atoms with Gasteiger partial charge in [-0.2, -0.15) is 0 Å². The van der Waals surface area contributed by atoms with Gasteiger partial charge >= 0.3 is 5.97 Å². The molecule has 0 bridgehead atoms.